The maximum Gasteiger partial charge on any atom is 0.164 e. The molecule has 0 unspecified atom stereocenters. The summed E-state index contributed by atoms with van der Waals surface area (Å²) in [6, 6.07) is 83.4. The minimum atomic E-state index is -0.510. The van der Waals surface area contributed by atoms with Crippen molar-refractivity contribution in [1.82, 2.24) is 15.0 Å². The summed E-state index contributed by atoms with van der Waals surface area (Å²) in [6.07, 6.45) is 0. The van der Waals surface area contributed by atoms with Crippen LogP contribution < -0.4 is 0 Å². The quantitative estimate of drug-likeness (QED) is 0.160. The van der Waals surface area contributed by atoms with Crippen molar-refractivity contribution in [2.45, 2.75) is 5.41 Å². The summed E-state index contributed by atoms with van der Waals surface area (Å²) in [5.41, 5.74) is 17.1. The maximum absolute atomic E-state index is 6.72. The Balaban J connectivity index is 1.01. The molecular formula is C64H39N3O2. The Morgan fingerprint density at radius 2 is 0.754 bits per heavy atom. The van der Waals surface area contributed by atoms with E-state index in [0.29, 0.717) is 17.5 Å². The number of furan rings is 2. The molecule has 0 bridgehead atoms. The van der Waals surface area contributed by atoms with E-state index in [4.69, 9.17) is 23.8 Å². The molecule has 3 aromatic heterocycles. The van der Waals surface area contributed by atoms with Crippen LogP contribution in [0.15, 0.2) is 245 Å². The largest absolute Gasteiger partial charge is 0.456 e. The van der Waals surface area contributed by atoms with Gasteiger partial charge in [0.1, 0.15) is 22.3 Å². The molecule has 0 N–H and O–H groups in total. The Morgan fingerprint density at radius 3 is 1.43 bits per heavy atom. The van der Waals surface area contributed by atoms with E-state index in [-0.39, 0.29) is 0 Å². The Labute approximate surface area is 397 Å². The van der Waals surface area contributed by atoms with Gasteiger partial charge in [0.05, 0.1) is 5.41 Å². The fourth-order valence-corrected chi connectivity index (χ4v) is 11.2. The molecular weight excluding hydrogens is 843 g/mol. The van der Waals surface area contributed by atoms with Crippen LogP contribution in [0.5, 0.6) is 0 Å². The fourth-order valence-electron chi connectivity index (χ4n) is 11.2. The smallest absolute Gasteiger partial charge is 0.164 e. The second-order valence-electron chi connectivity index (χ2n) is 17.7. The molecule has 5 nitrogen and oxygen atoms in total. The van der Waals surface area contributed by atoms with Crippen molar-refractivity contribution in [3.8, 4) is 67.5 Å². The summed E-state index contributed by atoms with van der Waals surface area (Å²) < 4.78 is 13.1. The molecule has 0 aliphatic heterocycles. The zero-order valence-corrected chi connectivity index (χ0v) is 37.2. The van der Waals surface area contributed by atoms with Crippen LogP contribution in [0.1, 0.15) is 22.3 Å². The van der Waals surface area contributed by atoms with E-state index >= 15 is 0 Å². The van der Waals surface area contributed by atoms with Gasteiger partial charge in [0, 0.05) is 38.2 Å². The van der Waals surface area contributed by atoms with Crippen molar-refractivity contribution < 1.29 is 8.83 Å². The SMILES string of the molecule is c1ccc(-c2ccccc2-c2nc(-c3cccc4oc5ccccc5c34)nc(-c3cccc4oc5ccc(-c6cccc7c6-c6ccccc6C7(c6ccccc6)c6ccccc6)cc5c34)n2)cc1. The van der Waals surface area contributed by atoms with E-state index in [2.05, 4.69) is 182 Å². The molecule has 0 saturated heterocycles. The summed E-state index contributed by atoms with van der Waals surface area (Å²) >= 11 is 0. The molecule has 0 amide bonds. The number of nitrogens with zero attached hydrogens (tertiary/aromatic N) is 3. The zero-order valence-electron chi connectivity index (χ0n) is 37.2. The molecule has 5 heteroatoms. The van der Waals surface area contributed by atoms with Crippen molar-refractivity contribution in [1.29, 1.82) is 0 Å². The highest BCUT2D eigenvalue weighted by Crippen LogP contribution is 2.58. The molecule has 10 aromatic carbocycles. The van der Waals surface area contributed by atoms with E-state index in [1.807, 2.05) is 54.6 Å². The highest BCUT2D eigenvalue weighted by Gasteiger charge is 2.46. The van der Waals surface area contributed by atoms with Crippen molar-refractivity contribution in [3.05, 3.63) is 259 Å². The van der Waals surface area contributed by atoms with E-state index in [9.17, 15) is 0 Å². The van der Waals surface area contributed by atoms with Crippen LogP contribution in [0, 0.1) is 0 Å². The molecule has 0 saturated carbocycles. The third-order valence-corrected chi connectivity index (χ3v) is 14.1. The molecule has 322 valence electrons. The van der Waals surface area contributed by atoms with Gasteiger partial charge >= 0.3 is 0 Å². The molecule has 1 aliphatic rings. The Hall–Kier alpha value is -9.19. The lowest BCUT2D eigenvalue weighted by Crippen LogP contribution is -2.28. The van der Waals surface area contributed by atoms with Gasteiger partial charge in [-0.25, -0.2) is 15.0 Å². The highest BCUT2D eigenvalue weighted by molar-refractivity contribution is 6.14. The van der Waals surface area contributed by atoms with E-state index in [1.165, 1.54) is 33.4 Å². The average Bonchev–Trinajstić information content (AvgIpc) is 4.10. The Bertz CT molecular complexity index is 4100. The van der Waals surface area contributed by atoms with E-state index in [1.54, 1.807) is 0 Å². The van der Waals surface area contributed by atoms with Gasteiger partial charge in [-0.3, -0.25) is 0 Å². The second kappa shape index (κ2) is 15.4. The van der Waals surface area contributed by atoms with Gasteiger partial charge in [-0.1, -0.05) is 206 Å². The van der Waals surface area contributed by atoms with Crippen molar-refractivity contribution in [3.63, 3.8) is 0 Å². The van der Waals surface area contributed by atoms with E-state index < -0.39 is 5.41 Å². The summed E-state index contributed by atoms with van der Waals surface area (Å²) in [5.74, 6) is 1.68. The van der Waals surface area contributed by atoms with Crippen molar-refractivity contribution in [2.75, 3.05) is 0 Å². The molecule has 0 radical (unpaired) electrons. The first-order chi connectivity index (χ1) is 34.2. The number of rotatable bonds is 7. The third-order valence-electron chi connectivity index (χ3n) is 14.1. The lowest BCUT2D eigenvalue weighted by Gasteiger charge is -2.34. The molecule has 69 heavy (non-hydrogen) atoms. The van der Waals surface area contributed by atoms with Crippen molar-refractivity contribution >= 4 is 43.9 Å². The van der Waals surface area contributed by atoms with Gasteiger partial charge in [-0.05, 0) is 86.0 Å². The van der Waals surface area contributed by atoms with Gasteiger partial charge in [0.15, 0.2) is 17.5 Å². The molecule has 13 aromatic rings. The first kappa shape index (κ1) is 39.0. The fraction of sp³-hybridized carbons (Fsp3) is 0.0156. The zero-order chi connectivity index (χ0) is 45.5. The number of fused-ring (bicyclic) bond motifs is 9. The number of benzene rings is 10. The Kier molecular flexibility index (Phi) is 8.73. The molecule has 0 atom stereocenters. The maximum atomic E-state index is 6.72. The third kappa shape index (κ3) is 5.94. The lowest BCUT2D eigenvalue weighted by atomic mass is 9.67. The van der Waals surface area contributed by atoms with Gasteiger partial charge in [0.25, 0.3) is 0 Å². The van der Waals surface area contributed by atoms with Crippen LogP contribution >= 0.6 is 0 Å². The average molecular weight is 882 g/mol. The molecule has 3 heterocycles. The summed E-state index contributed by atoms with van der Waals surface area (Å²) in [4.78, 5) is 16.1. The number of hydrogen-bond acceptors (Lipinski definition) is 5. The highest BCUT2D eigenvalue weighted by atomic mass is 16.3. The topological polar surface area (TPSA) is 65.0 Å². The second-order valence-corrected chi connectivity index (χ2v) is 17.7. The summed E-state index contributed by atoms with van der Waals surface area (Å²) in [6.45, 7) is 0. The van der Waals surface area contributed by atoms with Crippen LogP contribution in [0.3, 0.4) is 0 Å². The van der Waals surface area contributed by atoms with Crippen molar-refractivity contribution in [2.24, 2.45) is 0 Å². The van der Waals surface area contributed by atoms with Gasteiger partial charge in [-0.2, -0.15) is 0 Å². The van der Waals surface area contributed by atoms with Crippen LogP contribution in [-0.2, 0) is 5.41 Å². The minimum Gasteiger partial charge on any atom is -0.456 e. The van der Waals surface area contributed by atoms with Crippen LogP contribution in [0.2, 0.25) is 0 Å². The monoisotopic (exact) mass is 881 g/mol. The van der Waals surface area contributed by atoms with E-state index in [0.717, 1.165) is 82.8 Å². The number of aromatic nitrogens is 3. The van der Waals surface area contributed by atoms with Crippen LogP contribution in [0.4, 0.5) is 0 Å². The molecule has 0 fully saturated rings. The molecule has 1 aliphatic carbocycles. The minimum absolute atomic E-state index is 0.510. The first-order valence-electron chi connectivity index (χ1n) is 23.3. The van der Waals surface area contributed by atoms with Gasteiger partial charge in [0.2, 0.25) is 0 Å². The summed E-state index contributed by atoms with van der Waals surface area (Å²) in [7, 11) is 0. The van der Waals surface area contributed by atoms with Crippen LogP contribution in [0.25, 0.3) is 111 Å². The normalized spacial score (nSPS) is 12.8. The number of hydrogen-bond donors (Lipinski definition) is 0. The van der Waals surface area contributed by atoms with Crippen LogP contribution in [-0.4, -0.2) is 15.0 Å². The predicted octanol–water partition coefficient (Wildman–Crippen LogP) is 16.4. The molecule has 0 spiro atoms. The Morgan fingerprint density at radius 1 is 0.290 bits per heavy atom. The molecule has 14 rings (SSSR count). The van der Waals surface area contributed by atoms with Gasteiger partial charge < -0.3 is 8.83 Å². The summed E-state index contributed by atoms with van der Waals surface area (Å²) in [5, 5.41) is 3.89. The standard InChI is InChI=1S/C64H39N3O2/c1-4-19-40(20-5-1)44-25-10-11-26-46(44)61-65-62(49-30-17-35-56-59(49)48-28-13-15-34-54(48)68-56)67-63(66-61)50-31-18-36-57-60(50)51-39-41(37-38-55(51)69-57)45-29-16-33-53-58(45)47-27-12-14-32-52(47)64(53,42-21-6-2-7-22-42)43-23-8-3-9-24-43/h1-39H. The van der Waals surface area contributed by atoms with Gasteiger partial charge in [-0.15, -0.1) is 0 Å². The lowest BCUT2D eigenvalue weighted by molar-refractivity contribution is 0.668. The number of para-hydroxylation sites is 1. The predicted molar refractivity (Wildman–Crippen MR) is 279 cm³/mol. The first-order valence-corrected chi connectivity index (χ1v) is 23.3.